The first-order valence-corrected chi connectivity index (χ1v) is 15.3. The molecular formula is C33H37ClO12. The van der Waals surface area contributed by atoms with Crippen molar-refractivity contribution in [2.75, 3.05) is 26.9 Å². The molecule has 13 heteroatoms. The van der Waals surface area contributed by atoms with Crippen molar-refractivity contribution in [3.05, 3.63) is 64.2 Å². The minimum Gasteiger partial charge on any atom is -0.490 e. The van der Waals surface area contributed by atoms with E-state index in [9.17, 15) is 19.2 Å². The van der Waals surface area contributed by atoms with E-state index in [2.05, 4.69) is 0 Å². The second kappa shape index (κ2) is 14.0. The van der Waals surface area contributed by atoms with Crippen LogP contribution in [-0.2, 0) is 64.5 Å². The summed E-state index contributed by atoms with van der Waals surface area (Å²) < 4.78 is 46.0. The van der Waals surface area contributed by atoms with Gasteiger partial charge in [-0.15, -0.1) is 0 Å². The highest BCUT2D eigenvalue weighted by Crippen LogP contribution is 2.47. The van der Waals surface area contributed by atoms with E-state index in [-0.39, 0.29) is 6.10 Å². The average Bonchev–Trinajstić information content (AvgIpc) is 3.38. The molecule has 1 saturated carbocycles. The van der Waals surface area contributed by atoms with E-state index in [1.807, 2.05) is 24.3 Å². The van der Waals surface area contributed by atoms with Crippen LogP contribution < -0.4 is 4.74 Å². The van der Waals surface area contributed by atoms with Crippen LogP contribution in [0.3, 0.4) is 0 Å². The van der Waals surface area contributed by atoms with Gasteiger partial charge in [0.2, 0.25) is 11.9 Å². The molecule has 46 heavy (non-hydrogen) atoms. The van der Waals surface area contributed by atoms with E-state index >= 15 is 0 Å². The average molecular weight is 661 g/mol. The summed E-state index contributed by atoms with van der Waals surface area (Å²) in [6.07, 6.45) is -4.80. The maximum absolute atomic E-state index is 12.4. The fraction of sp³-hybridized carbons (Fsp3) is 0.515. The Morgan fingerprint density at radius 2 is 1.46 bits per heavy atom. The summed E-state index contributed by atoms with van der Waals surface area (Å²) in [6.45, 7) is 5.77. The van der Waals surface area contributed by atoms with Crippen LogP contribution in [0.4, 0.5) is 0 Å². The molecule has 2 aliphatic heterocycles. The molecule has 12 nitrogen and oxygen atoms in total. The number of fused-ring (bicyclic) bond motifs is 1. The van der Waals surface area contributed by atoms with Gasteiger partial charge in [0.1, 0.15) is 24.6 Å². The Kier molecular flexibility index (Phi) is 10.2. The van der Waals surface area contributed by atoms with E-state index in [0.29, 0.717) is 34.4 Å². The molecular weight excluding hydrogens is 624 g/mol. The van der Waals surface area contributed by atoms with Gasteiger partial charge in [0.05, 0.1) is 13.2 Å². The van der Waals surface area contributed by atoms with Gasteiger partial charge in [-0.25, -0.2) is 0 Å². The lowest BCUT2D eigenvalue weighted by molar-refractivity contribution is -0.367. The fourth-order valence-corrected chi connectivity index (χ4v) is 6.32. The van der Waals surface area contributed by atoms with Gasteiger partial charge in [-0.05, 0) is 41.8 Å². The van der Waals surface area contributed by atoms with Crippen LogP contribution in [0.1, 0.15) is 44.4 Å². The molecule has 2 heterocycles. The molecule has 3 fully saturated rings. The lowest BCUT2D eigenvalue weighted by Crippen LogP contribution is -2.67. The number of hydrogen-bond donors (Lipinski definition) is 0. The summed E-state index contributed by atoms with van der Waals surface area (Å²) in [6, 6.07) is 12.7. The van der Waals surface area contributed by atoms with Gasteiger partial charge >= 0.3 is 23.9 Å². The lowest BCUT2D eigenvalue weighted by atomic mass is 9.86. The highest BCUT2D eigenvalue weighted by atomic mass is 35.5. The van der Waals surface area contributed by atoms with Crippen LogP contribution in [0.2, 0.25) is 5.02 Å². The van der Waals surface area contributed by atoms with Crippen molar-refractivity contribution in [2.45, 2.75) is 70.4 Å². The van der Waals surface area contributed by atoms with E-state index in [0.717, 1.165) is 38.4 Å². The minimum atomic E-state index is -1.92. The zero-order valence-corrected chi connectivity index (χ0v) is 26.9. The number of halogens is 1. The summed E-state index contributed by atoms with van der Waals surface area (Å²) in [4.78, 5) is 48.7. The molecule has 248 valence electrons. The maximum atomic E-state index is 12.4. The molecule has 2 aromatic rings. The Morgan fingerprint density at radius 3 is 2.04 bits per heavy atom. The predicted octanol–water partition coefficient (Wildman–Crippen LogP) is 3.51. The van der Waals surface area contributed by atoms with Gasteiger partial charge in [-0.3, -0.25) is 19.2 Å². The first-order valence-electron chi connectivity index (χ1n) is 14.9. The van der Waals surface area contributed by atoms with E-state index in [1.165, 1.54) is 21.0 Å². The number of ether oxygens (including phenoxy) is 8. The Balaban J connectivity index is 1.48. The molecule has 3 aliphatic rings. The van der Waals surface area contributed by atoms with Crippen molar-refractivity contribution in [2.24, 2.45) is 11.8 Å². The van der Waals surface area contributed by atoms with Crippen molar-refractivity contribution in [1.82, 2.24) is 0 Å². The van der Waals surface area contributed by atoms with Gasteiger partial charge < -0.3 is 37.9 Å². The number of carbonyl (C=O) groups is 4. The largest absolute Gasteiger partial charge is 0.490 e. The first kappa shape index (κ1) is 33.6. The quantitative estimate of drug-likeness (QED) is 0.257. The molecule has 0 bridgehead atoms. The van der Waals surface area contributed by atoms with Crippen molar-refractivity contribution >= 4 is 35.5 Å². The van der Waals surface area contributed by atoms with Gasteiger partial charge in [0, 0.05) is 57.2 Å². The number of esters is 4. The van der Waals surface area contributed by atoms with Crippen LogP contribution in [0, 0.1) is 11.8 Å². The Hall–Kier alpha value is -3.71. The molecule has 3 unspecified atom stereocenters. The molecule has 7 atom stereocenters. The second-order valence-corrected chi connectivity index (χ2v) is 12.0. The Labute approximate surface area is 271 Å². The van der Waals surface area contributed by atoms with Crippen molar-refractivity contribution in [3.8, 4) is 5.75 Å². The molecule has 0 amide bonds. The van der Waals surface area contributed by atoms with Gasteiger partial charge in [0.25, 0.3) is 0 Å². The summed E-state index contributed by atoms with van der Waals surface area (Å²) in [5, 5.41) is 0.451. The fourth-order valence-electron chi connectivity index (χ4n) is 6.13. The smallest absolute Gasteiger partial charge is 0.303 e. The van der Waals surface area contributed by atoms with Gasteiger partial charge in [0.15, 0.2) is 12.2 Å². The first-order chi connectivity index (χ1) is 21.9. The minimum absolute atomic E-state index is 0.192. The Bertz CT molecular complexity index is 1450. The van der Waals surface area contributed by atoms with Gasteiger partial charge in [-0.1, -0.05) is 29.8 Å². The Morgan fingerprint density at radius 1 is 0.826 bits per heavy atom. The number of rotatable bonds is 11. The van der Waals surface area contributed by atoms with Gasteiger partial charge in [-0.2, -0.15) is 0 Å². The van der Waals surface area contributed by atoms with Crippen LogP contribution in [0.15, 0.2) is 42.5 Å². The van der Waals surface area contributed by atoms with Crippen molar-refractivity contribution in [3.63, 3.8) is 0 Å². The molecule has 0 spiro atoms. The highest BCUT2D eigenvalue weighted by molar-refractivity contribution is 6.31. The molecule has 0 aromatic heterocycles. The monoisotopic (exact) mass is 660 g/mol. The molecule has 2 saturated heterocycles. The van der Waals surface area contributed by atoms with Crippen LogP contribution in [-0.4, -0.2) is 81.3 Å². The molecule has 2 aromatic carbocycles. The van der Waals surface area contributed by atoms with Crippen LogP contribution in [0.5, 0.6) is 5.75 Å². The predicted molar refractivity (Wildman–Crippen MR) is 160 cm³/mol. The summed E-state index contributed by atoms with van der Waals surface area (Å²) in [5.74, 6) is -3.07. The number of hydrogen-bond acceptors (Lipinski definition) is 12. The standard InChI is InChI=1S/C33H37ClO12/c1-17(35)41-16-28-30(42-18(2)36)31(43-19(3)37)32(44-20(4)38)33(39-5,46-28)23-8-11-27(34)22(13-23)12-21-6-9-24(10-7-21)45-29-25-14-40-15-26(25)29/h6-11,13,25-26,28-32H,12,14-16H2,1-5H3/t25?,26?,28-,29?,30-,31+,32-,33?/m1/s1. The molecule has 1 aliphatic carbocycles. The van der Waals surface area contributed by atoms with Crippen molar-refractivity contribution < 1.29 is 57.1 Å². The van der Waals surface area contributed by atoms with Crippen molar-refractivity contribution in [1.29, 1.82) is 0 Å². The second-order valence-electron chi connectivity index (χ2n) is 11.6. The molecule has 0 N–H and O–H groups in total. The number of methoxy groups -OCH3 is 1. The lowest BCUT2D eigenvalue weighted by Gasteiger charge is -2.50. The zero-order valence-electron chi connectivity index (χ0n) is 26.2. The summed E-state index contributed by atoms with van der Waals surface area (Å²) in [5.41, 5.74) is 1.99. The normalized spacial score (nSPS) is 29.7. The number of benzene rings is 2. The van der Waals surface area contributed by atoms with Crippen LogP contribution >= 0.6 is 11.6 Å². The molecule has 5 rings (SSSR count). The van der Waals surface area contributed by atoms with E-state index < -0.39 is 60.7 Å². The highest BCUT2D eigenvalue weighted by Gasteiger charge is 2.61. The third-order valence-corrected chi connectivity index (χ3v) is 8.62. The topological polar surface area (TPSA) is 142 Å². The molecule has 0 radical (unpaired) electrons. The van der Waals surface area contributed by atoms with E-state index in [4.69, 9.17) is 49.5 Å². The van der Waals surface area contributed by atoms with Crippen LogP contribution in [0.25, 0.3) is 0 Å². The van der Waals surface area contributed by atoms with E-state index in [1.54, 1.807) is 18.2 Å². The maximum Gasteiger partial charge on any atom is 0.303 e. The summed E-state index contributed by atoms with van der Waals surface area (Å²) >= 11 is 6.66. The number of carbonyl (C=O) groups excluding carboxylic acids is 4. The SMILES string of the molecule is COC1(c2ccc(Cl)c(Cc3ccc(OC4C5COCC54)cc3)c2)O[C@H](COC(C)=O)[C@@H](OC(C)=O)[C@H](OC(C)=O)[C@H]1OC(C)=O. The third kappa shape index (κ3) is 7.30. The zero-order chi connectivity index (χ0) is 33.2. The summed E-state index contributed by atoms with van der Waals surface area (Å²) in [7, 11) is 1.32. The third-order valence-electron chi connectivity index (χ3n) is 8.25.